The fourth-order valence-corrected chi connectivity index (χ4v) is 1.10. The minimum absolute atomic E-state index is 0.148. The van der Waals surface area contributed by atoms with E-state index in [1.807, 2.05) is 18.2 Å². The third-order valence-corrected chi connectivity index (χ3v) is 1.83. The van der Waals surface area contributed by atoms with Crippen LogP contribution in [0.1, 0.15) is 10.5 Å². The number of carbonyl (C=O) groups excluding carboxylic acids is 1. The van der Waals surface area contributed by atoms with Crippen LogP contribution in [-0.4, -0.2) is 20.9 Å². The van der Waals surface area contributed by atoms with Gasteiger partial charge < -0.3 is 5.73 Å². The third-order valence-electron chi connectivity index (χ3n) is 1.83. The van der Waals surface area contributed by atoms with E-state index >= 15 is 0 Å². The topological polar surface area (TPSA) is 81.8 Å². The Labute approximate surface area is 86.0 Å². The van der Waals surface area contributed by atoms with E-state index in [4.69, 9.17) is 5.73 Å². The number of hydrogen-bond donors (Lipinski definition) is 1. The Morgan fingerprint density at radius 2 is 1.93 bits per heavy atom. The van der Waals surface area contributed by atoms with Crippen LogP contribution in [0.3, 0.4) is 0 Å². The molecular formula is C10H8N4O. The highest BCUT2D eigenvalue weighted by atomic mass is 16.1. The monoisotopic (exact) mass is 200 g/mol. The molecule has 0 bridgehead atoms. The molecule has 0 unspecified atom stereocenters. The molecule has 5 heteroatoms. The van der Waals surface area contributed by atoms with Gasteiger partial charge in [0.1, 0.15) is 11.4 Å². The van der Waals surface area contributed by atoms with Crippen molar-refractivity contribution >= 4 is 5.91 Å². The number of hydrogen-bond acceptors (Lipinski definition) is 4. The zero-order chi connectivity index (χ0) is 10.7. The predicted octanol–water partition coefficient (Wildman–Crippen LogP) is 0.637. The number of primary amides is 1. The van der Waals surface area contributed by atoms with Crippen molar-refractivity contribution in [3.8, 4) is 11.4 Å². The van der Waals surface area contributed by atoms with Crippen molar-refractivity contribution in [3.63, 3.8) is 0 Å². The summed E-state index contributed by atoms with van der Waals surface area (Å²) in [5, 5.41) is 0. The van der Waals surface area contributed by atoms with E-state index in [-0.39, 0.29) is 5.69 Å². The normalized spacial score (nSPS) is 9.87. The Morgan fingerprint density at radius 1 is 1.07 bits per heavy atom. The number of pyridine rings is 1. The molecule has 2 aromatic rings. The van der Waals surface area contributed by atoms with Crippen molar-refractivity contribution in [1.29, 1.82) is 0 Å². The standard InChI is InChI=1S/C10H8N4O/c11-10(15)9-6-13-8(5-14-9)7-3-1-2-4-12-7/h1-6H,(H2,11,15). The van der Waals surface area contributed by atoms with Gasteiger partial charge in [-0.15, -0.1) is 0 Å². The van der Waals surface area contributed by atoms with E-state index in [1.165, 1.54) is 12.4 Å². The van der Waals surface area contributed by atoms with Gasteiger partial charge in [-0.1, -0.05) is 6.07 Å². The first-order valence-corrected chi connectivity index (χ1v) is 4.30. The first kappa shape index (κ1) is 9.26. The summed E-state index contributed by atoms with van der Waals surface area (Å²) in [6.07, 6.45) is 4.48. The molecule has 74 valence electrons. The van der Waals surface area contributed by atoms with Crippen molar-refractivity contribution in [1.82, 2.24) is 15.0 Å². The molecule has 2 aromatic heterocycles. The number of carbonyl (C=O) groups is 1. The second kappa shape index (κ2) is 3.83. The molecule has 0 aromatic carbocycles. The molecule has 0 radical (unpaired) electrons. The number of nitrogens with zero attached hydrogens (tertiary/aromatic N) is 3. The summed E-state index contributed by atoms with van der Waals surface area (Å²) in [5.41, 5.74) is 6.51. The smallest absolute Gasteiger partial charge is 0.268 e. The van der Waals surface area contributed by atoms with Gasteiger partial charge in [0.05, 0.1) is 18.1 Å². The van der Waals surface area contributed by atoms with Crippen LogP contribution in [0.4, 0.5) is 0 Å². The molecule has 1 amide bonds. The molecule has 0 aliphatic rings. The first-order chi connectivity index (χ1) is 7.27. The van der Waals surface area contributed by atoms with Crippen LogP contribution >= 0.6 is 0 Å². The SMILES string of the molecule is NC(=O)c1cnc(-c2ccccn2)cn1. The highest BCUT2D eigenvalue weighted by Crippen LogP contribution is 2.11. The Balaban J connectivity index is 2.36. The van der Waals surface area contributed by atoms with Crippen LogP contribution in [-0.2, 0) is 0 Å². The fraction of sp³-hybridized carbons (Fsp3) is 0. The average Bonchev–Trinajstić information content (AvgIpc) is 2.30. The quantitative estimate of drug-likeness (QED) is 0.771. The average molecular weight is 200 g/mol. The summed E-state index contributed by atoms with van der Waals surface area (Å²) < 4.78 is 0. The van der Waals surface area contributed by atoms with Gasteiger partial charge in [0.2, 0.25) is 0 Å². The Kier molecular flexibility index (Phi) is 2.37. The number of nitrogens with two attached hydrogens (primary N) is 1. The van der Waals surface area contributed by atoms with Gasteiger partial charge in [-0.2, -0.15) is 0 Å². The number of amides is 1. The van der Waals surface area contributed by atoms with Gasteiger partial charge in [0.15, 0.2) is 0 Å². The molecule has 0 spiro atoms. The summed E-state index contributed by atoms with van der Waals surface area (Å²) in [7, 11) is 0. The minimum atomic E-state index is -0.588. The summed E-state index contributed by atoms with van der Waals surface area (Å²) in [6.45, 7) is 0. The molecule has 15 heavy (non-hydrogen) atoms. The van der Waals surface area contributed by atoms with Crippen molar-refractivity contribution in [3.05, 3.63) is 42.5 Å². The summed E-state index contributed by atoms with van der Waals surface area (Å²) >= 11 is 0. The molecule has 2 N–H and O–H groups in total. The molecule has 0 fully saturated rings. The third kappa shape index (κ3) is 1.96. The van der Waals surface area contributed by atoms with E-state index in [1.54, 1.807) is 6.20 Å². The van der Waals surface area contributed by atoms with Crippen LogP contribution < -0.4 is 5.73 Å². The first-order valence-electron chi connectivity index (χ1n) is 4.30. The van der Waals surface area contributed by atoms with Crippen LogP contribution in [0, 0.1) is 0 Å². The molecule has 0 aliphatic heterocycles. The van der Waals surface area contributed by atoms with Crippen LogP contribution in [0.15, 0.2) is 36.8 Å². The maximum atomic E-state index is 10.8. The van der Waals surface area contributed by atoms with E-state index < -0.39 is 5.91 Å². The highest BCUT2D eigenvalue weighted by Gasteiger charge is 2.04. The molecule has 2 rings (SSSR count). The second-order valence-electron chi connectivity index (χ2n) is 2.87. The Hall–Kier alpha value is -2.30. The van der Waals surface area contributed by atoms with Crippen molar-refractivity contribution < 1.29 is 4.79 Å². The highest BCUT2D eigenvalue weighted by molar-refractivity contribution is 5.90. The van der Waals surface area contributed by atoms with Crippen molar-refractivity contribution in [2.24, 2.45) is 5.73 Å². The van der Waals surface area contributed by atoms with E-state index in [0.717, 1.165) is 0 Å². The van der Waals surface area contributed by atoms with Gasteiger partial charge in [-0.3, -0.25) is 14.8 Å². The largest absolute Gasteiger partial charge is 0.364 e. The number of aromatic nitrogens is 3. The second-order valence-corrected chi connectivity index (χ2v) is 2.87. The molecule has 0 aliphatic carbocycles. The summed E-state index contributed by atoms with van der Waals surface area (Å²) in [6, 6.07) is 5.48. The van der Waals surface area contributed by atoms with Gasteiger partial charge in [-0.05, 0) is 12.1 Å². The van der Waals surface area contributed by atoms with E-state index in [0.29, 0.717) is 11.4 Å². The predicted molar refractivity (Wildman–Crippen MR) is 53.8 cm³/mol. The van der Waals surface area contributed by atoms with Gasteiger partial charge in [-0.25, -0.2) is 4.98 Å². The zero-order valence-electron chi connectivity index (χ0n) is 7.79. The van der Waals surface area contributed by atoms with Crippen molar-refractivity contribution in [2.75, 3.05) is 0 Å². The van der Waals surface area contributed by atoms with Crippen molar-refractivity contribution in [2.45, 2.75) is 0 Å². The summed E-state index contributed by atoms with van der Waals surface area (Å²) in [4.78, 5) is 22.8. The summed E-state index contributed by atoms with van der Waals surface area (Å²) in [5.74, 6) is -0.588. The molecule has 0 atom stereocenters. The maximum absolute atomic E-state index is 10.8. The lowest BCUT2D eigenvalue weighted by molar-refractivity contribution is 0.0995. The lowest BCUT2D eigenvalue weighted by Gasteiger charge is -1.98. The molecular weight excluding hydrogens is 192 g/mol. The maximum Gasteiger partial charge on any atom is 0.268 e. The fourth-order valence-electron chi connectivity index (χ4n) is 1.10. The van der Waals surface area contributed by atoms with Crippen LogP contribution in [0.25, 0.3) is 11.4 Å². The zero-order valence-corrected chi connectivity index (χ0v) is 7.79. The molecule has 2 heterocycles. The van der Waals surface area contributed by atoms with E-state index in [2.05, 4.69) is 15.0 Å². The van der Waals surface area contributed by atoms with Crippen LogP contribution in [0.5, 0.6) is 0 Å². The molecule has 0 saturated carbocycles. The lowest BCUT2D eigenvalue weighted by Crippen LogP contribution is -2.13. The van der Waals surface area contributed by atoms with E-state index in [9.17, 15) is 4.79 Å². The Bertz CT molecular complexity index is 467. The minimum Gasteiger partial charge on any atom is -0.364 e. The van der Waals surface area contributed by atoms with Gasteiger partial charge in [0, 0.05) is 6.20 Å². The Morgan fingerprint density at radius 3 is 2.47 bits per heavy atom. The van der Waals surface area contributed by atoms with Gasteiger partial charge in [0.25, 0.3) is 5.91 Å². The molecule has 0 saturated heterocycles. The lowest BCUT2D eigenvalue weighted by atomic mass is 10.3. The van der Waals surface area contributed by atoms with Crippen LogP contribution in [0.2, 0.25) is 0 Å². The number of rotatable bonds is 2. The van der Waals surface area contributed by atoms with Gasteiger partial charge >= 0.3 is 0 Å². The molecule has 5 nitrogen and oxygen atoms in total.